The lowest BCUT2D eigenvalue weighted by molar-refractivity contribution is -0.275. The number of aromatic nitrogens is 1. The fourth-order valence-corrected chi connectivity index (χ4v) is 1.65. The van der Waals surface area contributed by atoms with E-state index in [2.05, 4.69) is 9.72 Å². The highest BCUT2D eigenvalue weighted by Gasteiger charge is 2.34. The van der Waals surface area contributed by atoms with E-state index in [1.54, 1.807) is 22.6 Å². The molecule has 0 saturated carbocycles. The molecule has 16 heavy (non-hydrogen) atoms. The van der Waals surface area contributed by atoms with Crippen LogP contribution in [0.3, 0.4) is 0 Å². The van der Waals surface area contributed by atoms with Crippen LogP contribution < -0.4 is 9.47 Å². The van der Waals surface area contributed by atoms with E-state index in [1.165, 1.54) is 7.11 Å². The van der Waals surface area contributed by atoms with Crippen molar-refractivity contribution < 1.29 is 27.4 Å². The number of aldehydes is 1. The van der Waals surface area contributed by atoms with E-state index in [9.17, 15) is 18.0 Å². The fraction of sp³-hybridized carbons (Fsp3) is 0.250. The van der Waals surface area contributed by atoms with Crippen LogP contribution in [-0.2, 0) is 0 Å². The molecule has 0 bridgehead atoms. The standard InChI is InChI=1S/C8H5F3INO3/c1-15-5-2-13-4(3-14)7(6(5)12)16-8(9,10)11/h2-3H,1H3. The van der Waals surface area contributed by atoms with Crippen LogP contribution in [0.2, 0.25) is 0 Å². The summed E-state index contributed by atoms with van der Waals surface area (Å²) in [5, 5.41) is 0. The molecule has 0 saturated heterocycles. The van der Waals surface area contributed by atoms with E-state index in [0.29, 0.717) is 0 Å². The number of alkyl halides is 3. The number of rotatable bonds is 3. The first-order valence-corrected chi connectivity index (χ1v) is 4.90. The Balaban J connectivity index is 3.26. The van der Waals surface area contributed by atoms with Crippen LogP contribution in [0.15, 0.2) is 6.20 Å². The molecule has 0 N–H and O–H groups in total. The van der Waals surface area contributed by atoms with E-state index in [-0.39, 0.29) is 15.6 Å². The summed E-state index contributed by atoms with van der Waals surface area (Å²) >= 11 is 1.58. The van der Waals surface area contributed by atoms with Gasteiger partial charge in [0, 0.05) is 0 Å². The van der Waals surface area contributed by atoms with Gasteiger partial charge in [-0.1, -0.05) is 0 Å². The zero-order valence-corrected chi connectivity index (χ0v) is 10.00. The molecular formula is C8H5F3INO3. The third-order valence-electron chi connectivity index (χ3n) is 1.52. The van der Waals surface area contributed by atoms with E-state index >= 15 is 0 Å². The molecule has 4 nitrogen and oxygen atoms in total. The SMILES string of the molecule is COc1cnc(C=O)c(OC(F)(F)F)c1I. The van der Waals surface area contributed by atoms with Crippen LogP contribution in [0.5, 0.6) is 11.5 Å². The van der Waals surface area contributed by atoms with Crippen molar-refractivity contribution in [3.8, 4) is 11.5 Å². The van der Waals surface area contributed by atoms with Crippen molar-refractivity contribution in [1.82, 2.24) is 4.98 Å². The molecule has 1 aromatic heterocycles. The van der Waals surface area contributed by atoms with Crippen LogP contribution in [0, 0.1) is 3.57 Å². The highest BCUT2D eigenvalue weighted by molar-refractivity contribution is 14.1. The third-order valence-corrected chi connectivity index (χ3v) is 2.54. The van der Waals surface area contributed by atoms with Crippen molar-refractivity contribution >= 4 is 28.9 Å². The largest absolute Gasteiger partial charge is 0.573 e. The number of hydrogen-bond acceptors (Lipinski definition) is 4. The first kappa shape index (κ1) is 13.0. The van der Waals surface area contributed by atoms with Crippen molar-refractivity contribution in [2.45, 2.75) is 6.36 Å². The molecule has 1 aromatic rings. The summed E-state index contributed by atoms with van der Waals surface area (Å²) in [5.41, 5.74) is -0.428. The molecule has 0 aliphatic rings. The highest BCUT2D eigenvalue weighted by atomic mass is 127. The molecule has 1 heterocycles. The zero-order chi connectivity index (χ0) is 12.3. The quantitative estimate of drug-likeness (QED) is 0.623. The minimum Gasteiger partial charge on any atom is -0.494 e. The Bertz CT molecular complexity index is 408. The minimum atomic E-state index is -4.88. The summed E-state index contributed by atoms with van der Waals surface area (Å²) in [7, 11) is 1.27. The molecule has 8 heteroatoms. The summed E-state index contributed by atoms with van der Waals surface area (Å²) in [6, 6.07) is 0. The predicted octanol–water partition coefficient (Wildman–Crippen LogP) is 2.41. The van der Waals surface area contributed by atoms with Crippen LogP contribution in [-0.4, -0.2) is 24.7 Å². The lowest BCUT2D eigenvalue weighted by Crippen LogP contribution is -2.19. The number of nitrogens with zero attached hydrogens (tertiary/aromatic N) is 1. The Morgan fingerprint density at radius 3 is 2.56 bits per heavy atom. The van der Waals surface area contributed by atoms with Gasteiger partial charge < -0.3 is 9.47 Å². The molecule has 0 unspecified atom stereocenters. The first-order valence-electron chi connectivity index (χ1n) is 3.82. The molecule has 0 aliphatic heterocycles. The maximum absolute atomic E-state index is 12.1. The van der Waals surface area contributed by atoms with Gasteiger partial charge in [0.15, 0.2) is 17.8 Å². The Morgan fingerprint density at radius 1 is 1.50 bits per heavy atom. The molecule has 0 atom stereocenters. The fourth-order valence-electron chi connectivity index (χ4n) is 0.907. The molecule has 1 rings (SSSR count). The first-order chi connectivity index (χ1) is 7.39. The van der Waals surface area contributed by atoms with Crippen molar-refractivity contribution in [2.75, 3.05) is 7.11 Å². The summed E-state index contributed by atoms with van der Waals surface area (Å²) in [5.74, 6) is -0.548. The van der Waals surface area contributed by atoms with Crippen LogP contribution in [0.25, 0.3) is 0 Å². The minimum absolute atomic E-state index is 0.0366. The highest BCUT2D eigenvalue weighted by Crippen LogP contribution is 2.34. The van der Waals surface area contributed by atoms with Crippen LogP contribution in [0.4, 0.5) is 13.2 Å². The van der Waals surface area contributed by atoms with Crippen molar-refractivity contribution in [3.63, 3.8) is 0 Å². The van der Waals surface area contributed by atoms with Gasteiger partial charge in [-0.25, -0.2) is 4.98 Å². The number of carbonyl (C=O) groups is 1. The number of ether oxygens (including phenoxy) is 2. The smallest absolute Gasteiger partial charge is 0.494 e. The van der Waals surface area contributed by atoms with Crippen molar-refractivity contribution in [2.24, 2.45) is 0 Å². The maximum Gasteiger partial charge on any atom is 0.573 e. The molecular weight excluding hydrogens is 342 g/mol. The number of halogens is 4. The van der Waals surface area contributed by atoms with E-state index < -0.39 is 17.8 Å². The average Bonchev–Trinajstić information content (AvgIpc) is 2.19. The third kappa shape index (κ3) is 2.97. The van der Waals surface area contributed by atoms with Crippen molar-refractivity contribution in [1.29, 1.82) is 0 Å². The van der Waals surface area contributed by atoms with Crippen LogP contribution >= 0.6 is 22.6 Å². The van der Waals surface area contributed by atoms with Gasteiger partial charge in [0.1, 0.15) is 9.26 Å². The predicted molar refractivity (Wildman–Crippen MR) is 55.6 cm³/mol. The monoisotopic (exact) mass is 347 g/mol. The van der Waals surface area contributed by atoms with Gasteiger partial charge >= 0.3 is 6.36 Å². The van der Waals surface area contributed by atoms with Gasteiger partial charge in [-0.15, -0.1) is 13.2 Å². The molecule has 0 aliphatic carbocycles. The average molecular weight is 347 g/mol. The van der Waals surface area contributed by atoms with Gasteiger partial charge in [0.25, 0.3) is 0 Å². The summed E-state index contributed by atoms with van der Waals surface area (Å²) in [6.07, 6.45) is -3.55. The number of pyridine rings is 1. The lowest BCUT2D eigenvalue weighted by atomic mass is 10.3. The van der Waals surface area contributed by atoms with Gasteiger partial charge in [0.05, 0.1) is 13.3 Å². The van der Waals surface area contributed by atoms with Gasteiger partial charge in [-0.2, -0.15) is 0 Å². The number of methoxy groups -OCH3 is 1. The number of hydrogen-bond donors (Lipinski definition) is 0. The summed E-state index contributed by atoms with van der Waals surface area (Å²) in [6.45, 7) is 0. The molecule has 0 radical (unpaired) electrons. The molecule has 0 aromatic carbocycles. The van der Waals surface area contributed by atoms with Gasteiger partial charge in [0.2, 0.25) is 0 Å². The second-order valence-electron chi connectivity index (χ2n) is 2.52. The molecule has 0 spiro atoms. The second kappa shape index (κ2) is 4.85. The number of carbonyl (C=O) groups excluding carboxylic acids is 1. The van der Waals surface area contributed by atoms with E-state index in [4.69, 9.17) is 4.74 Å². The van der Waals surface area contributed by atoms with E-state index in [1.807, 2.05) is 0 Å². The van der Waals surface area contributed by atoms with Crippen molar-refractivity contribution in [3.05, 3.63) is 15.5 Å². The Hall–Kier alpha value is -1.06. The summed E-state index contributed by atoms with van der Waals surface area (Å²) < 4.78 is 44.7. The van der Waals surface area contributed by atoms with Crippen LogP contribution in [0.1, 0.15) is 10.5 Å². The normalized spacial score (nSPS) is 11.1. The topological polar surface area (TPSA) is 48.4 Å². The second-order valence-corrected chi connectivity index (χ2v) is 3.60. The summed E-state index contributed by atoms with van der Waals surface area (Å²) in [4.78, 5) is 14.0. The lowest BCUT2D eigenvalue weighted by Gasteiger charge is -2.13. The molecule has 0 amide bonds. The maximum atomic E-state index is 12.1. The molecule has 0 fully saturated rings. The zero-order valence-electron chi connectivity index (χ0n) is 7.84. The Morgan fingerprint density at radius 2 is 2.12 bits per heavy atom. The van der Waals surface area contributed by atoms with Gasteiger partial charge in [-0.05, 0) is 22.6 Å². The van der Waals surface area contributed by atoms with Gasteiger partial charge in [-0.3, -0.25) is 4.79 Å². The Kier molecular flexibility index (Phi) is 3.94. The molecule has 88 valence electrons. The Labute approximate surface area is 102 Å². The van der Waals surface area contributed by atoms with E-state index in [0.717, 1.165) is 6.20 Å².